The molecule has 1 aromatic rings. The van der Waals surface area contributed by atoms with Crippen molar-refractivity contribution in [1.82, 2.24) is 10.2 Å². The van der Waals surface area contributed by atoms with Gasteiger partial charge in [-0.2, -0.15) is 0 Å². The van der Waals surface area contributed by atoms with Crippen molar-refractivity contribution < 1.29 is 14.5 Å². The number of nitrogens with zero attached hydrogens (tertiary/aromatic N) is 2. The summed E-state index contributed by atoms with van der Waals surface area (Å²) in [7, 11) is 3.90. The zero-order valence-electron chi connectivity index (χ0n) is 12.2. The Hall–Kier alpha value is -2.19. The fourth-order valence-corrected chi connectivity index (χ4v) is 1.55. The molecule has 0 spiro atoms. The van der Waals surface area contributed by atoms with Gasteiger partial charge in [0.25, 0.3) is 11.6 Å². The minimum absolute atomic E-state index is 0.0325. The van der Waals surface area contributed by atoms with E-state index in [0.29, 0.717) is 19.8 Å². The lowest BCUT2D eigenvalue weighted by molar-refractivity contribution is -0.383. The first-order chi connectivity index (χ1) is 9.91. The number of benzene rings is 1. The Morgan fingerprint density at radius 1 is 1.43 bits per heavy atom. The molecule has 0 aliphatic rings. The maximum Gasteiger partial charge on any atom is 0.292 e. The van der Waals surface area contributed by atoms with Gasteiger partial charge in [0.2, 0.25) is 0 Å². The summed E-state index contributed by atoms with van der Waals surface area (Å²) in [5, 5.41) is 13.3. The maximum absolute atomic E-state index is 11.8. The van der Waals surface area contributed by atoms with Crippen molar-refractivity contribution in [3.05, 3.63) is 33.9 Å². The molecule has 0 aliphatic heterocycles. The van der Waals surface area contributed by atoms with Crippen molar-refractivity contribution in [3.63, 3.8) is 0 Å². The van der Waals surface area contributed by atoms with Crippen LogP contribution in [0.4, 0.5) is 11.4 Å². The number of nitrogens with one attached hydrogen (secondary N) is 1. The molecule has 0 radical (unpaired) electrons. The van der Waals surface area contributed by atoms with Gasteiger partial charge in [-0.1, -0.05) is 0 Å². The molecule has 0 heterocycles. The van der Waals surface area contributed by atoms with Gasteiger partial charge in [0.15, 0.2) is 0 Å². The minimum Gasteiger partial charge on any atom is -0.393 e. The molecule has 116 valence electrons. The highest BCUT2D eigenvalue weighted by atomic mass is 16.6. The first-order valence-corrected chi connectivity index (χ1v) is 6.46. The Labute approximate surface area is 123 Å². The van der Waals surface area contributed by atoms with Crippen LogP contribution >= 0.6 is 0 Å². The van der Waals surface area contributed by atoms with Crippen LogP contribution in [0.1, 0.15) is 10.4 Å². The third-order valence-electron chi connectivity index (χ3n) is 2.70. The molecule has 1 rings (SSSR count). The molecule has 3 N–H and O–H groups in total. The third-order valence-corrected chi connectivity index (χ3v) is 2.70. The zero-order valence-corrected chi connectivity index (χ0v) is 12.2. The summed E-state index contributed by atoms with van der Waals surface area (Å²) in [4.78, 5) is 23.9. The first kappa shape index (κ1) is 16.9. The highest BCUT2D eigenvalue weighted by Crippen LogP contribution is 2.21. The van der Waals surface area contributed by atoms with E-state index in [1.165, 1.54) is 18.2 Å². The molecule has 8 nitrogen and oxygen atoms in total. The standard InChI is InChI=1S/C13H20N4O4/c1-16(2)6-8-21-7-5-15-13(18)10-3-4-12(17(19)20)11(14)9-10/h3-4,9H,5-8,14H2,1-2H3,(H,15,18). The van der Waals surface area contributed by atoms with Crippen LogP contribution in [0.15, 0.2) is 18.2 Å². The van der Waals surface area contributed by atoms with Gasteiger partial charge in [-0.15, -0.1) is 0 Å². The first-order valence-electron chi connectivity index (χ1n) is 6.46. The summed E-state index contributed by atoms with van der Waals surface area (Å²) in [5.41, 5.74) is 5.57. The Kier molecular flexibility index (Phi) is 6.57. The average molecular weight is 296 g/mol. The molecule has 1 amide bonds. The van der Waals surface area contributed by atoms with Crippen molar-refractivity contribution in [3.8, 4) is 0 Å². The number of hydrogen-bond donors (Lipinski definition) is 2. The molecular weight excluding hydrogens is 276 g/mol. The average Bonchev–Trinajstić information content (AvgIpc) is 2.41. The minimum atomic E-state index is -0.588. The maximum atomic E-state index is 11.8. The second-order valence-corrected chi connectivity index (χ2v) is 4.70. The van der Waals surface area contributed by atoms with Gasteiger partial charge in [0.05, 0.1) is 18.1 Å². The Morgan fingerprint density at radius 2 is 2.14 bits per heavy atom. The number of hydrogen-bond acceptors (Lipinski definition) is 6. The number of nitro groups is 1. The smallest absolute Gasteiger partial charge is 0.292 e. The van der Waals surface area contributed by atoms with E-state index < -0.39 is 4.92 Å². The van der Waals surface area contributed by atoms with E-state index in [0.717, 1.165) is 6.54 Å². The molecule has 0 unspecified atom stereocenters. The summed E-state index contributed by atoms with van der Waals surface area (Å²) < 4.78 is 5.33. The van der Waals surface area contributed by atoms with E-state index in [4.69, 9.17) is 10.5 Å². The predicted molar refractivity (Wildman–Crippen MR) is 79.2 cm³/mol. The number of ether oxygens (including phenoxy) is 1. The fraction of sp³-hybridized carbons (Fsp3) is 0.462. The number of carbonyl (C=O) groups is 1. The second kappa shape index (κ2) is 8.18. The van der Waals surface area contributed by atoms with Crippen LogP contribution in [0.3, 0.4) is 0 Å². The van der Waals surface area contributed by atoms with Crippen molar-refractivity contribution in [2.75, 3.05) is 46.1 Å². The molecule has 0 aliphatic carbocycles. The molecule has 0 saturated heterocycles. The van der Waals surface area contributed by atoms with Gasteiger partial charge < -0.3 is 20.7 Å². The summed E-state index contributed by atoms with van der Waals surface area (Å²) >= 11 is 0. The zero-order chi connectivity index (χ0) is 15.8. The van der Waals surface area contributed by atoms with E-state index in [1.54, 1.807) is 0 Å². The van der Waals surface area contributed by atoms with Crippen molar-refractivity contribution in [2.24, 2.45) is 0 Å². The van der Waals surface area contributed by atoms with Crippen LogP contribution < -0.4 is 11.1 Å². The summed E-state index contributed by atoms with van der Waals surface area (Å²) in [5.74, 6) is -0.340. The quantitative estimate of drug-likeness (QED) is 0.312. The topological polar surface area (TPSA) is 111 Å². The molecule has 1 aromatic carbocycles. The van der Waals surface area contributed by atoms with Crippen LogP contribution in [0.2, 0.25) is 0 Å². The number of carbonyl (C=O) groups excluding carboxylic acids is 1. The molecule has 0 atom stereocenters. The number of nitrogens with two attached hydrogens (primary N) is 1. The van der Waals surface area contributed by atoms with Crippen molar-refractivity contribution in [2.45, 2.75) is 0 Å². The molecule has 0 aromatic heterocycles. The van der Waals surface area contributed by atoms with E-state index in [9.17, 15) is 14.9 Å². The molecule has 0 fully saturated rings. The SMILES string of the molecule is CN(C)CCOCCNC(=O)c1ccc([N+](=O)[O-])c(N)c1. The van der Waals surface area contributed by atoms with Gasteiger partial charge in [-0.3, -0.25) is 14.9 Å². The number of amides is 1. The number of anilines is 1. The Balaban J connectivity index is 2.39. The molecule has 0 saturated carbocycles. The molecular formula is C13H20N4O4. The highest BCUT2D eigenvalue weighted by Gasteiger charge is 2.14. The van der Waals surface area contributed by atoms with Crippen LogP contribution in [-0.4, -0.2) is 56.1 Å². The number of rotatable bonds is 8. The van der Waals surface area contributed by atoms with Crippen LogP contribution in [0.5, 0.6) is 0 Å². The normalized spacial score (nSPS) is 10.6. The lowest BCUT2D eigenvalue weighted by Crippen LogP contribution is -2.28. The van der Waals surface area contributed by atoms with Gasteiger partial charge in [0, 0.05) is 24.7 Å². The van der Waals surface area contributed by atoms with Crippen LogP contribution in [-0.2, 0) is 4.74 Å². The highest BCUT2D eigenvalue weighted by molar-refractivity contribution is 5.95. The third kappa shape index (κ3) is 5.76. The number of likely N-dealkylation sites (N-methyl/N-ethyl adjacent to an activating group) is 1. The van der Waals surface area contributed by atoms with Gasteiger partial charge >= 0.3 is 0 Å². The summed E-state index contributed by atoms with van der Waals surface area (Å²) in [6.45, 7) is 2.17. The van der Waals surface area contributed by atoms with E-state index in [1.807, 2.05) is 19.0 Å². The van der Waals surface area contributed by atoms with Gasteiger partial charge in [0.1, 0.15) is 5.69 Å². The second-order valence-electron chi connectivity index (χ2n) is 4.70. The number of nitrogen functional groups attached to an aromatic ring is 1. The van der Waals surface area contributed by atoms with Crippen molar-refractivity contribution in [1.29, 1.82) is 0 Å². The largest absolute Gasteiger partial charge is 0.393 e. The van der Waals surface area contributed by atoms with E-state index in [2.05, 4.69) is 5.32 Å². The number of nitro benzene ring substituents is 1. The van der Waals surface area contributed by atoms with Gasteiger partial charge in [-0.05, 0) is 26.2 Å². The predicted octanol–water partition coefficient (Wildman–Crippen LogP) is 0.485. The Morgan fingerprint density at radius 3 is 2.71 bits per heavy atom. The van der Waals surface area contributed by atoms with E-state index in [-0.39, 0.29) is 22.8 Å². The van der Waals surface area contributed by atoms with Crippen LogP contribution in [0, 0.1) is 10.1 Å². The molecule has 21 heavy (non-hydrogen) atoms. The summed E-state index contributed by atoms with van der Waals surface area (Å²) in [6.07, 6.45) is 0. The van der Waals surface area contributed by atoms with Gasteiger partial charge in [-0.25, -0.2) is 0 Å². The fourth-order valence-electron chi connectivity index (χ4n) is 1.55. The lowest BCUT2D eigenvalue weighted by atomic mass is 10.1. The molecule has 8 heteroatoms. The van der Waals surface area contributed by atoms with Crippen LogP contribution in [0.25, 0.3) is 0 Å². The van der Waals surface area contributed by atoms with Crippen molar-refractivity contribution >= 4 is 17.3 Å². The Bertz CT molecular complexity index is 505. The monoisotopic (exact) mass is 296 g/mol. The van der Waals surface area contributed by atoms with E-state index >= 15 is 0 Å². The molecule has 0 bridgehead atoms. The lowest BCUT2D eigenvalue weighted by Gasteiger charge is -2.10. The summed E-state index contributed by atoms with van der Waals surface area (Å²) in [6, 6.07) is 3.88.